The molecule has 0 amide bonds. The third-order valence-corrected chi connectivity index (χ3v) is 2.46. The lowest BCUT2D eigenvalue weighted by Crippen LogP contribution is -2.03. The van der Waals surface area contributed by atoms with Crippen molar-refractivity contribution in [3.63, 3.8) is 0 Å². The summed E-state index contributed by atoms with van der Waals surface area (Å²) in [5.74, 6) is -0.401. The van der Waals surface area contributed by atoms with Crippen LogP contribution in [0.5, 0.6) is 0 Å². The summed E-state index contributed by atoms with van der Waals surface area (Å²) in [7, 11) is 0. The monoisotopic (exact) mass is 241 g/mol. The van der Waals surface area contributed by atoms with Crippen molar-refractivity contribution < 1.29 is 9.02 Å². The van der Waals surface area contributed by atoms with Crippen LogP contribution in [0.3, 0.4) is 0 Å². The van der Waals surface area contributed by atoms with Gasteiger partial charge in [0, 0.05) is 0 Å². The maximum atomic E-state index is 13.4. The second kappa shape index (κ2) is 4.49. The number of anilines is 1. The lowest BCUT2D eigenvalue weighted by Gasteiger charge is -2.07. The minimum atomic E-state index is -0.401. The number of para-hydroxylation sites is 1. The third-order valence-electron chi connectivity index (χ3n) is 2.14. The fourth-order valence-electron chi connectivity index (χ4n) is 1.25. The van der Waals surface area contributed by atoms with Gasteiger partial charge < -0.3 is 5.32 Å². The molecule has 0 unspecified atom stereocenters. The van der Waals surface area contributed by atoms with Crippen LogP contribution < -0.4 is 5.32 Å². The molecule has 1 heterocycles. The summed E-state index contributed by atoms with van der Waals surface area (Å²) in [6, 6.07) is 4.49. The Balaban J connectivity index is 2.14. The number of nitrogens with one attached hydrogen (secondary N) is 1. The van der Waals surface area contributed by atoms with Crippen LogP contribution in [0.4, 0.5) is 10.1 Å². The summed E-state index contributed by atoms with van der Waals surface area (Å²) in [5, 5.41) is 10.5. The molecule has 0 fully saturated rings. The first kappa shape index (κ1) is 10.9. The molecule has 1 aromatic carbocycles. The van der Waals surface area contributed by atoms with Crippen molar-refractivity contribution in [3.8, 4) is 0 Å². The summed E-state index contributed by atoms with van der Waals surface area (Å²) in [6.07, 6.45) is 0. The lowest BCUT2D eigenvalue weighted by molar-refractivity contribution is 0.301. The van der Waals surface area contributed by atoms with Crippen molar-refractivity contribution >= 4 is 17.3 Å². The molecule has 0 spiro atoms. The largest absolute Gasteiger partial charge is 0.376 e. The number of aromatic nitrogens is 2. The molecule has 2 aromatic rings. The van der Waals surface area contributed by atoms with E-state index in [1.54, 1.807) is 19.1 Å². The van der Waals surface area contributed by atoms with Crippen LogP contribution in [-0.2, 0) is 6.54 Å². The van der Waals surface area contributed by atoms with E-state index in [1.807, 2.05) is 0 Å². The fraction of sp³-hybridized carbons (Fsp3) is 0.200. The van der Waals surface area contributed by atoms with Crippen LogP contribution in [0.2, 0.25) is 5.02 Å². The van der Waals surface area contributed by atoms with E-state index in [4.69, 9.17) is 11.6 Å². The van der Waals surface area contributed by atoms with Gasteiger partial charge in [-0.25, -0.2) is 9.02 Å². The van der Waals surface area contributed by atoms with Crippen LogP contribution >= 0.6 is 11.6 Å². The van der Waals surface area contributed by atoms with Gasteiger partial charge >= 0.3 is 0 Å². The van der Waals surface area contributed by atoms with E-state index < -0.39 is 5.82 Å². The zero-order chi connectivity index (χ0) is 11.5. The molecule has 0 saturated carbocycles. The molecule has 0 aliphatic carbocycles. The van der Waals surface area contributed by atoms with Gasteiger partial charge in [-0.3, -0.25) is 0 Å². The minimum absolute atomic E-state index is 0.256. The summed E-state index contributed by atoms with van der Waals surface area (Å²) in [4.78, 5) is 0. The molecule has 0 aliphatic heterocycles. The van der Waals surface area contributed by atoms with Crippen LogP contribution in [0.15, 0.2) is 22.8 Å². The van der Waals surface area contributed by atoms with Crippen molar-refractivity contribution in [1.82, 2.24) is 10.3 Å². The van der Waals surface area contributed by atoms with E-state index in [0.29, 0.717) is 23.0 Å². The molecule has 1 aromatic heterocycles. The maximum Gasteiger partial charge on any atom is 0.147 e. The van der Waals surface area contributed by atoms with Gasteiger partial charge in [0.1, 0.15) is 17.2 Å². The van der Waals surface area contributed by atoms with Gasteiger partial charge in [0.2, 0.25) is 0 Å². The van der Waals surface area contributed by atoms with Crippen molar-refractivity contribution in [2.45, 2.75) is 13.5 Å². The van der Waals surface area contributed by atoms with Gasteiger partial charge in [0.05, 0.1) is 17.3 Å². The molecule has 84 valence electrons. The molecular weight excluding hydrogens is 233 g/mol. The van der Waals surface area contributed by atoms with Crippen LogP contribution in [-0.4, -0.2) is 10.3 Å². The third kappa shape index (κ3) is 2.14. The molecule has 0 bridgehead atoms. The maximum absolute atomic E-state index is 13.4. The summed E-state index contributed by atoms with van der Waals surface area (Å²) in [6.45, 7) is 2.08. The van der Waals surface area contributed by atoms with E-state index >= 15 is 0 Å². The first-order valence-electron chi connectivity index (χ1n) is 4.64. The molecule has 1 N–H and O–H groups in total. The average molecular weight is 242 g/mol. The van der Waals surface area contributed by atoms with Crippen molar-refractivity contribution in [2.24, 2.45) is 0 Å². The van der Waals surface area contributed by atoms with Gasteiger partial charge in [0.25, 0.3) is 0 Å². The molecule has 4 nitrogen and oxygen atoms in total. The van der Waals surface area contributed by atoms with Gasteiger partial charge in [-0.2, -0.15) is 0 Å². The first-order chi connectivity index (χ1) is 7.68. The van der Waals surface area contributed by atoms with E-state index in [0.717, 1.165) is 0 Å². The fourth-order valence-corrected chi connectivity index (χ4v) is 1.48. The molecule has 2 rings (SSSR count). The highest BCUT2D eigenvalue weighted by Crippen LogP contribution is 2.25. The number of halogens is 2. The number of aryl methyl sites for hydroxylation is 1. The van der Waals surface area contributed by atoms with Crippen molar-refractivity contribution in [2.75, 3.05) is 5.32 Å². The Morgan fingerprint density at radius 1 is 1.44 bits per heavy atom. The number of benzene rings is 1. The van der Waals surface area contributed by atoms with E-state index in [2.05, 4.69) is 20.3 Å². The Labute approximate surface area is 96.4 Å². The number of hydrogen-bond acceptors (Lipinski definition) is 4. The smallest absolute Gasteiger partial charge is 0.147 e. The highest BCUT2D eigenvalue weighted by atomic mass is 35.5. The number of rotatable bonds is 3. The Morgan fingerprint density at radius 3 is 2.88 bits per heavy atom. The predicted octanol–water partition coefficient (Wildman–Crippen LogP) is 2.78. The Kier molecular flexibility index (Phi) is 3.05. The number of hydrogen-bond donors (Lipinski definition) is 1. The highest BCUT2D eigenvalue weighted by molar-refractivity contribution is 6.33. The van der Waals surface area contributed by atoms with E-state index in [-0.39, 0.29) is 5.69 Å². The van der Waals surface area contributed by atoms with Gasteiger partial charge in [-0.05, 0) is 19.1 Å². The summed E-state index contributed by atoms with van der Waals surface area (Å²) < 4.78 is 17.9. The molecular formula is C10H9ClFN3O. The summed E-state index contributed by atoms with van der Waals surface area (Å²) in [5.41, 5.74) is 1.55. The van der Waals surface area contributed by atoms with E-state index in [1.165, 1.54) is 6.07 Å². The minimum Gasteiger partial charge on any atom is -0.376 e. The van der Waals surface area contributed by atoms with Crippen molar-refractivity contribution in [3.05, 3.63) is 40.4 Å². The van der Waals surface area contributed by atoms with Crippen molar-refractivity contribution in [1.29, 1.82) is 0 Å². The highest BCUT2D eigenvalue weighted by Gasteiger charge is 2.09. The van der Waals surface area contributed by atoms with Gasteiger partial charge in [0.15, 0.2) is 0 Å². The zero-order valence-corrected chi connectivity index (χ0v) is 9.25. The van der Waals surface area contributed by atoms with Crippen LogP contribution in [0.25, 0.3) is 0 Å². The molecule has 0 radical (unpaired) electrons. The summed E-state index contributed by atoms with van der Waals surface area (Å²) >= 11 is 5.85. The SMILES string of the molecule is Cc1nonc1CNc1c(F)cccc1Cl. The molecule has 16 heavy (non-hydrogen) atoms. The molecule has 6 heteroatoms. The van der Waals surface area contributed by atoms with Crippen LogP contribution in [0, 0.1) is 12.7 Å². The second-order valence-corrected chi connectivity index (χ2v) is 3.65. The topological polar surface area (TPSA) is 51.0 Å². The first-order valence-corrected chi connectivity index (χ1v) is 5.02. The van der Waals surface area contributed by atoms with Gasteiger partial charge in [-0.15, -0.1) is 0 Å². The van der Waals surface area contributed by atoms with E-state index in [9.17, 15) is 4.39 Å². The lowest BCUT2D eigenvalue weighted by atomic mass is 10.3. The Hall–Kier alpha value is -1.62. The Morgan fingerprint density at radius 2 is 2.25 bits per heavy atom. The average Bonchev–Trinajstić information content (AvgIpc) is 2.64. The number of nitrogens with zero attached hydrogens (tertiary/aromatic N) is 2. The van der Waals surface area contributed by atoms with Crippen LogP contribution in [0.1, 0.15) is 11.4 Å². The normalized spacial score (nSPS) is 10.4. The molecule has 0 aliphatic rings. The Bertz CT molecular complexity index is 480. The molecule has 0 saturated heterocycles. The second-order valence-electron chi connectivity index (χ2n) is 3.25. The zero-order valence-electron chi connectivity index (χ0n) is 8.50. The predicted molar refractivity (Wildman–Crippen MR) is 57.8 cm³/mol. The quantitative estimate of drug-likeness (QED) is 0.898. The van der Waals surface area contributed by atoms with Gasteiger partial charge in [-0.1, -0.05) is 28.0 Å². The molecule has 0 atom stereocenters. The standard InChI is InChI=1S/C10H9ClFN3O/c1-6-9(15-16-14-6)5-13-10-7(11)3-2-4-8(10)12/h2-4,13H,5H2,1H3.